The van der Waals surface area contributed by atoms with Crippen molar-refractivity contribution >= 4 is 23.2 Å². The van der Waals surface area contributed by atoms with Crippen molar-refractivity contribution in [1.82, 2.24) is 9.80 Å². The molecule has 3 aromatic rings. The van der Waals surface area contributed by atoms with Crippen molar-refractivity contribution in [1.29, 1.82) is 0 Å². The Hall–Kier alpha value is -3.12. The van der Waals surface area contributed by atoms with Crippen molar-refractivity contribution in [3.63, 3.8) is 0 Å². The SMILES string of the molecule is CC(C)(C)c1ccc(C2c3ccsc3CCN2C(=O)CN(C(=O)COc2ccccc2)C2CC2)cc1. The van der Waals surface area contributed by atoms with Crippen LogP contribution in [0, 0.1) is 0 Å². The van der Waals surface area contributed by atoms with E-state index < -0.39 is 0 Å². The molecule has 1 aliphatic carbocycles. The van der Waals surface area contributed by atoms with Crippen LogP contribution in [0.15, 0.2) is 66.0 Å². The lowest BCUT2D eigenvalue weighted by molar-refractivity contribution is -0.143. The molecular formula is C30H34N2O3S. The van der Waals surface area contributed by atoms with E-state index in [2.05, 4.69) is 56.5 Å². The zero-order valence-corrected chi connectivity index (χ0v) is 22.1. The summed E-state index contributed by atoms with van der Waals surface area (Å²) in [4.78, 5) is 31.9. The van der Waals surface area contributed by atoms with Crippen LogP contribution in [0.4, 0.5) is 0 Å². The first-order valence-electron chi connectivity index (χ1n) is 12.7. The van der Waals surface area contributed by atoms with Crippen LogP contribution in [0.25, 0.3) is 0 Å². The van der Waals surface area contributed by atoms with Gasteiger partial charge in [0.15, 0.2) is 6.61 Å². The molecule has 1 aliphatic heterocycles. The van der Waals surface area contributed by atoms with Crippen LogP contribution < -0.4 is 4.74 Å². The average Bonchev–Trinajstić information content (AvgIpc) is 3.61. The number of rotatable bonds is 7. The van der Waals surface area contributed by atoms with Crippen LogP contribution in [0.1, 0.15) is 61.2 Å². The van der Waals surface area contributed by atoms with Gasteiger partial charge in [-0.25, -0.2) is 0 Å². The average molecular weight is 503 g/mol. The first-order valence-corrected chi connectivity index (χ1v) is 13.6. The Balaban J connectivity index is 1.34. The van der Waals surface area contributed by atoms with E-state index in [0.29, 0.717) is 12.3 Å². The number of ether oxygens (including phenoxy) is 1. The predicted molar refractivity (Wildman–Crippen MR) is 143 cm³/mol. The normalized spacial score (nSPS) is 17.4. The minimum atomic E-state index is -0.131. The lowest BCUT2D eigenvalue weighted by Crippen LogP contribution is -2.48. The van der Waals surface area contributed by atoms with Crippen molar-refractivity contribution in [3.8, 4) is 5.75 Å². The Labute approximate surface area is 217 Å². The van der Waals surface area contributed by atoms with Crippen LogP contribution in [0.2, 0.25) is 0 Å². The summed E-state index contributed by atoms with van der Waals surface area (Å²) >= 11 is 1.76. The number of carbonyl (C=O) groups is 2. The van der Waals surface area contributed by atoms with Gasteiger partial charge in [0.05, 0.1) is 6.04 Å². The van der Waals surface area contributed by atoms with Crippen molar-refractivity contribution in [2.75, 3.05) is 19.7 Å². The molecule has 0 saturated heterocycles. The van der Waals surface area contributed by atoms with E-state index in [4.69, 9.17) is 4.74 Å². The van der Waals surface area contributed by atoms with Crippen LogP contribution >= 0.6 is 11.3 Å². The van der Waals surface area contributed by atoms with E-state index in [1.54, 1.807) is 16.2 Å². The summed E-state index contributed by atoms with van der Waals surface area (Å²) < 4.78 is 5.70. The van der Waals surface area contributed by atoms with Gasteiger partial charge >= 0.3 is 0 Å². The molecule has 6 heteroatoms. The van der Waals surface area contributed by atoms with Crippen molar-refractivity contribution in [2.45, 2.75) is 57.5 Å². The number of thiophene rings is 1. The molecule has 5 rings (SSSR count). The highest BCUT2D eigenvalue weighted by atomic mass is 32.1. The summed E-state index contributed by atoms with van der Waals surface area (Å²) in [6.45, 7) is 7.32. The van der Waals surface area contributed by atoms with Crippen LogP contribution in [0.5, 0.6) is 5.75 Å². The third-order valence-electron chi connectivity index (χ3n) is 7.10. The molecule has 1 unspecified atom stereocenters. The Morgan fingerprint density at radius 2 is 1.75 bits per heavy atom. The third-order valence-corrected chi connectivity index (χ3v) is 8.09. The largest absolute Gasteiger partial charge is 0.484 e. The van der Waals surface area contributed by atoms with Gasteiger partial charge in [0.1, 0.15) is 12.3 Å². The quantitative estimate of drug-likeness (QED) is 0.423. The van der Waals surface area contributed by atoms with Gasteiger partial charge in [-0.3, -0.25) is 9.59 Å². The second kappa shape index (κ2) is 10.1. The Bertz CT molecular complexity index is 1210. The second-order valence-electron chi connectivity index (χ2n) is 10.8. The van der Waals surface area contributed by atoms with Crippen LogP contribution in [0.3, 0.4) is 0 Å². The molecule has 1 saturated carbocycles. The smallest absolute Gasteiger partial charge is 0.261 e. The van der Waals surface area contributed by atoms with E-state index in [1.165, 1.54) is 16.0 Å². The maximum absolute atomic E-state index is 13.8. The van der Waals surface area contributed by atoms with Gasteiger partial charge in [0, 0.05) is 17.5 Å². The summed E-state index contributed by atoms with van der Waals surface area (Å²) in [6.07, 6.45) is 2.73. The molecule has 2 heterocycles. The highest BCUT2D eigenvalue weighted by Gasteiger charge is 2.38. The highest BCUT2D eigenvalue weighted by molar-refractivity contribution is 7.10. The van der Waals surface area contributed by atoms with E-state index in [-0.39, 0.29) is 42.5 Å². The number of fused-ring (bicyclic) bond motifs is 1. The van der Waals surface area contributed by atoms with Gasteiger partial charge < -0.3 is 14.5 Å². The number of amides is 2. The molecule has 2 aliphatic rings. The molecule has 188 valence electrons. The Kier molecular flexibility index (Phi) is 6.89. The van der Waals surface area contributed by atoms with Gasteiger partial charge in [-0.05, 0) is 64.9 Å². The molecule has 0 radical (unpaired) electrons. The van der Waals surface area contributed by atoms with E-state index >= 15 is 0 Å². The lowest BCUT2D eigenvalue weighted by Gasteiger charge is -2.38. The standard InChI is InChI=1S/C30H34N2O3S/c1-30(2,3)22-11-9-21(10-12-22)29-25-16-18-36-26(25)15-17-31(29)27(33)19-32(23-13-14-23)28(34)20-35-24-7-5-4-6-8-24/h4-12,16,18,23,29H,13-15,17,19-20H2,1-3H3. The molecule has 0 N–H and O–H groups in total. The summed E-state index contributed by atoms with van der Waals surface area (Å²) in [6, 6.07) is 20.2. The predicted octanol–water partition coefficient (Wildman–Crippen LogP) is 5.59. The fraction of sp³-hybridized carbons (Fsp3) is 0.400. The summed E-state index contributed by atoms with van der Waals surface area (Å²) in [5, 5.41) is 2.12. The van der Waals surface area contributed by atoms with E-state index in [0.717, 1.165) is 24.8 Å². The molecule has 1 aromatic heterocycles. The molecule has 2 amide bonds. The zero-order chi connectivity index (χ0) is 25.3. The van der Waals surface area contributed by atoms with Gasteiger partial charge in [-0.15, -0.1) is 11.3 Å². The fourth-order valence-corrected chi connectivity index (χ4v) is 5.80. The Morgan fingerprint density at radius 3 is 2.42 bits per heavy atom. The first-order chi connectivity index (χ1) is 17.3. The van der Waals surface area contributed by atoms with Gasteiger partial charge in [-0.1, -0.05) is 63.2 Å². The monoisotopic (exact) mass is 502 g/mol. The van der Waals surface area contributed by atoms with Crippen molar-refractivity contribution in [3.05, 3.63) is 87.6 Å². The first kappa shape index (κ1) is 24.6. The van der Waals surface area contributed by atoms with Gasteiger partial charge in [-0.2, -0.15) is 0 Å². The second-order valence-corrected chi connectivity index (χ2v) is 11.8. The number of hydrogen-bond donors (Lipinski definition) is 0. The highest BCUT2D eigenvalue weighted by Crippen LogP contribution is 2.39. The van der Waals surface area contributed by atoms with Gasteiger partial charge in [0.25, 0.3) is 5.91 Å². The molecule has 0 bridgehead atoms. The molecule has 1 atom stereocenters. The van der Waals surface area contributed by atoms with Crippen LogP contribution in [-0.4, -0.2) is 47.4 Å². The molecule has 2 aromatic carbocycles. The number of hydrogen-bond acceptors (Lipinski definition) is 4. The van der Waals surface area contributed by atoms with Crippen LogP contribution in [-0.2, 0) is 21.4 Å². The third kappa shape index (κ3) is 5.34. The summed E-state index contributed by atoms with van der Waals surface area (Å²) in [7, 11) is 0. The molecule has 36 heavy (non-hydrogen) atoms. The number of nitrogens with zero attached hydrogens (tertiary/aromatic N) is 2. The molecule has 0 spiro atoms. The maximum atomic E-state index is 13.8. The summed E-state index contributed by atoms with van der Waals surface area (Å²) in [5.41, 5.74) is 3.67. The van der Waals surface area contributed by atoms with E-state index in [1.807, 2.05) is 35.2 Å². The van der Waals surface area contributed by atoms with Crippen molar-refractivity contribution < 1.29 is 14.3 Å². The number of para-hydroxylation sites is 1. The van der Waals surface area contributed by atoms with E-state index in [9.17, 15) is 9.59 Å². The fourth-order valence-electron chi connectivity index (χ4n) is 4.90. The number of carbonyl (C=O) groups excluding carboxylic acids is 2. The molecule has 5 nitrogen and oxygen atoms in total. The summed E-state index contributed by atoms with van der Waals surface area (Å²) in [5.74, 6) is 0.526. The topological polar surface area (TPSA) is 49.9 Å². The van der Waals surface area contributed by atoms with Crippen molar-refractivity contribution in [2.24, 2.45) is 0 Å². The minimum Gasteiger partial charge on any atom is -0.484 e. The molecular weight excluding hydrogens is 468 g/mol. The maximum Gasteiger partial charge on any atom is 0.261 e. The van der Waals surface area contributed by atoms with Gasteiger partial charge in [0.2, 0.25) is 5.91 Å². The lowest BCUT2D eigenvalue weighted by atomic mass is 9.85. The molecule has 1 fully saturated rings. The number of benzene rings is 2. The zero-order valence-electron chi connectivity index (χ0n) is 21.3. The minimum absolute atomic E-state index is 0.00305. The Morgan fingerprint density at radius 1 is 1.03 bits per heavy atom.